The third kappa shape index (κ3) is 3.99. The number of ether oxygens (including phenoxy) is 1. The Hall–Kier alpha value is -3.02. The second-order valence-electron chi connectivity index (χ2n) is 7.12. The molecular formula is C24H20Cl2N2O3. The molecule has 0 saturated carbocycles. The molecule has 0 amide bonds. The van der Waals surface area contributed by atoms with Crippen molar-refractivity contribution in [2.45, 2.75) is 20.4 Å². The van der Waals surface area contributed by atoms with E-state index in [2.05, 4.69) is 4.98 Å². The van der Waals surface area contributed by atoms with Gasteiger partial charge in [-0.2, -0.15) is 0 Å². The zero-order valence-electron chi connectivity index (χ0n) is 17.0. The maximum absolute atomic E-state index is 12.9. The zero-order valence-corrected chi connectivity index (χ0v) is 18.5. The second kappa shape index (κ2) is 8.61. The average molecular weight is 455 g/mol. The minimum Gasteiger partial charge on any atom is -0.493 e. The van der Waals surface area contributed by atoms with Crippen LogP contribution in [0.3, 0.4) is 0 Å². The van der Waals surface area contributed by atoms with E-state index < -0.39 is 5.97 Å². The van der Waals surface area contributed by atoms with Crippen LogP contribution in [0.4, 0.5) is 0 Å². The second-order valence-corrected chi connectivity index (χ2v) is 7.96. The summed E-state index contributed by atoms with van der Waals surface area (Å²) in [5.41, 5.74) is 3.34. The van der Waals surface area contributed by atoms with Crippen LogP contribution >= 0.6 is 23.2 Å². The number of carbonyl (C=O) groups excluding carboxylic acids is 1. The minimum absolute atomic E-state index is 0.0173. The largest absolute Gasteiger partial charge is 0.493 e. The first-order chi connectivity index (χ1) is 14.9. The fraction of sp³-hybridized carbons (Fsp3) is 0.167. The molecular weight excluding hydrogens is 435 g/mol. The number of rotatable bonds is 5. The third-order valence-corrected chi connectivity index (χ3v) is 5.61. The number of aryl methyl sites for hydroxylation is 1. The molecule has 2 aromatic carbocycles. The van der Waals surface area contributed by atoms with Gasteiger partial charge in [0.2, 0.25) is 5.88 Å². The molecule has 1 N–H and O–H groups in total. The van der Waals surface area contributed by atoms with Crippen LogP contribution < -0.4 is 0 Å². The number of aromatic hydroxyl groups is 1. The quantitative estimate of drug-likeness (QED) is 0.362. The van der Waals surface area contributed by atoms with E-state index in [9.17, 15) is 9.90 Å². The van der Waals surface area contributed by atoms with E-state index in [4.69, 9.17) is 27.9 Å². The number of fused-ring (bicyclic) bond motifs is 1. The highest BCUT2D eigenvalue weighted by atomic mass is 35.5. The molecule has 0 atom stereocenters. The normalized spacial score (nSPS) is 11.1. The van der Waals surface area contributed by atoms with Crippen molar-refractivity contribution in [2.24, 2.45) is 0 Å². The molecule has 5 nitrogen and oxygen atoms in total. The molecule has 4 rings (SSSR count). The van der Waals surface area contributed by atoms with E-state index in [0.717, 1.165) is 5.56 Å². The monoisotopic (exact) mass is 454 g/mol. The summed E-state index contributed by atoms with van der Waals surface area (Å²) in [7, 11) is 0. The molecule has 0 fully saturated rings. The summed E-state index contributed by atoms with van der Waals surface area (Å²) in [5.74, 6) is -0.477. The number of carbonyl (C=O) groups is 1. The first-order valence-electron chi connectivity index (χ1n) is 9.79. The summed E-state index contributed by atoms with van der Waals surface area (Å²) < 4.78 is 7.00. The van der Waals surface area contributed by atoms with Crippen molar-refractivity contribution < 1.29 is 14.6 Å². The van der Waals surface area contributed by atoms with Crippen molar-refractivity contribution in [3.63, 3.8) is 0 Å². The van der Waals surface area contributed by atoms with Gasteiger partial charge < -0.3 is 14.4 Å². The Labute approximate surface area is 189 Å². The van der Waals surface area contributed by atoms with Crippen LogP contribution in [0.1, 0.15) is 28.5 Å². The van der Waals surface area contributed by atoms with Crippen molar-refractivity contribution in [3.05, 3.63) is 81.6 Å². The highest BCUT2D eigenvalue weighted by Crippen LogP contribution is 2.41. The maximum Gasteiger partial charge on any atom is 0.340 e. The summed E-state index contributed by atoms with van der Waals surface area (Å²) in [6.07, 6.45) is 1.78. The molecule has 0 bridgehead atoms. The lowest BCUT2D eigenvalue weighted by Crippen LogP contribution is -2.10. The minimum atomic E-state index is -0.495. The number of benzene rings is 2. The lowest BCUT2D eigenvalue weighted by atomic mass is 9.96. The van der Waals surface area contributed by atoms with Gasteiger partial charge in [-0.3, -0.25) is 0 Å². The van der Waals surface area contributed by atoms with Crippen molar-refractivity contribution >= 4 is 40.1 Å². The summed E-state index contributed by atoms with van der Waals surface area (Å²) in [6.45, 7) is 4.14. The van der Waals surface area contributed by atoms with Gasteiger partial charge in [0.1, 0.15) is 5.52 Å². The van der Waals surface area contributed by atoms with Crippen LogP contribution in [0.5, 0.6) is 5.88 Å². The van der Waals surface area contributed by atoms with Gasteiger partial charge in [0.05, 0.1) is 24.4 Å². The van der Waals surface area contributed by atoms with Crippen molar-refractivity contribution in [1.29, 1.82) is 0 Å². The Morgan fingerprint density at radius 3 is 2.58 bits per heavy atom. The summed E-state index contributed by atoms with van der Waals surface area (Å²) in [6, 6.07) is 14.9. The fourth-order valence-corrected chi connectivity index (χ4v) is 4.20. The van der Waals surface area contributed by atoms with Gasteiger partial charge in [0.15, 0.2) is 0 Å². The van der Waals surface area contributed by atoms with Gasteiger partial charge in [0.25, 0.3) is 0 Å². The van der Waals surface area contributed by atoms with Crippen LogP contribution in [0.15, 0.2) is 54.7 Å². The first kappa shape index (κ1) is 21.2. The fourth-order valence-electron chi connectivity index (χ4n) is 3.69. The molecule has 0 aliphatic rings. The molecule has 0 spiro atoms. The summed E-state index contributed by atoms with van der Waals surface area (Å²) in [5, 5.41) is 12.4. The molecule has 7 heteroatoms. The Kier molecular flexibility index (Phi) is 5.90. The van der Waals surface area contributed by atoms with E-state index >= 15 is 0 Å². The van der Waals surface area contributed by atoms with E-state index in [1.807, 2.05) is 30.3 Å². The van der Waals surface area contributed by atoms with Crippen LogP contribution in [-0.2, 0) is 11.3 Å². The number of hydrogen-bond acceptors (Lipinski definition) is 4. The maximum atomic E-state index is 12.9. The van der Waals surface area contributed by atoms with Crippen LogP contribution in [0, 0.1) is 6.92 Å². The number of halogens is 2. The van der Waals surface area contributed by atoms with Crippen LogP contribution in [0.25, 0.3) is 22.0 Å². The Balaban J connectivity index is 2.01. The highest BCUT2D eigenvalue weighted by molar-refractivity contribution is 6.37. The standard InChI is InChI=1S/C24H20Cl2N2O3/c1-3-31-24(30)20-14(2)27-22-18(21(20)17-10-9-16(25)11-19(17)26)13-28(23(22)29)12-15-7-5-4-6-8-15/h4-11,13,29H,3,12H2,1-2H3. The molecule has 0 aliphatic carbocycles. The van der Waals surface area contributed by atoms with E-state index in [1.165, 1.54) is 0 Å². The molecule has 0 unspecified atom stereocenters. The van der Waals surface area contributed by atoms with E-state index in [0.29, 0.717) is 49.9 Å². The van der Waals surface area contributed by atoms with Gasteiger partial charge in [-0.05, 0) is 31.5 Å². The molecule has 0 radical (unpaired) electrons. The van der Waals surface area contributed by atoms with E-state index in [1.54, 1.807) is 42.8 Å². The molecule has 4 aromatic rings. The summed E-state index contributed by atoms with van der Waals surface area (Å²) >= 11 is 12.6. The SMILES string of the molecule is CCOC(=O)c1c(C)nc2c(O)n(Cc3ccccc3)cc2c1-c1ccc(Cl)cc1Cl. The van der Waals surface area contributed by atoms with Crippen LogP contribution in [-0.4, -0.2) is 27.2 Å². The molecule has 158 valence electrons. The lowest BCUT2D eigenvalue weighted by Gasteiger charge is -2.14. The van der Waals surface area contributed by atoms with Crippen molar-refractivity contribution in [3.8, 4) is 17.0 Å². The smallest absolute Gasteiger partial charge is 0.340 e. The molecule has 31 heavy (non-hydrogen) atoms. The Bertz CT molecular complexity index is 1280. The molecule has 2 heterocycles. The topological polar surface area (TPSA) is 64.3 Å². The average Bonchev–Trinajstić information content (AvgIpc) is 3.03. The number of hydrogen-bond donors (Lipinski definition) is 1. The van der Waals surface area contributed by atoms with Gasteiger partial charge in [0, 0.05) is 32.8 Å². The molecule has 0 saturated heterocycles. The van der Waals surface area contributed by atoms with Crippen LogP contribution in [0.2, 0.25) is 10.0 Å². The van der Waals surface area contributed by atoms with Gasteiger partial charge in [-0.1, -0.05) is 59.6 Å². The van der Waals surface area contributed by atoms with E-state index in [-0.39, 0.29) is 12.5 Å². The van der Waals surface area contributed by atoms with Gasteiger partial charge in [-0.25, -0.2) is 9.78 Å². The van der Waals surface area contributed by atoms with Gasteiger partial charge >= 0.3 is 5.97 Å². The number of esters is 1. The predicted molar refractivity (Wildman–Crippen MR) is 123 cm³/mol. The number of pyridine rings is 1. The molecule has 2 aromatic heterocycles. The Morgan fingerprint density at radius 2 is 1.90 bits per heavy atom. The lowest BCUT2D eigenvalue weighted by molar-refractivity contribution is 0.0526. The first-order valence-corrected chi connectivity index (χ1v) is 10.5. The number of aromatic nitrogens is 2. The van der Waals surface area contributed by atoms with Crippen molar-refractivity contribution in [2.75, 3.05) is 6.61 Å². The number of nitrogens with zero attached hydrogens (tertiary/aromatic N) is 2. The Morgan fingerprint density at radius 1 is 1.16 bits per heavy atom. The molecule has 0 aliphatic heterocycles. The predicted octanol–water partition coefficient (Wildman–Crippen LogP) is 6.25. The van der Waals surface area contributed by atoms with Gasteiger partial charge in [-0.15, -0.1) is 0 Å². The highest BCUT2D eigenvalue weighted by Gasteiger charge is 2.26. The zero-order chi connectivity index (χ0) is 22.1. The van der Waals surface area contributed by atoms with Crippen molar-refractivity contribution in [1.82, 2.24) is 9.55 Å². The summed E-state index contributed by atoms with van der Waals surface area (Å²) in [4.78, 5) is 17.4. The third-order valence-electron chi connectivity index (χ3n) is 5.06.